The first-order valence-electron chi connectivity index (χ1n) is 8.06. The summed E-state index contributed by atoms with van der Waals surface area (Å²) in [5, 5.41) is 11.3. The second-order valence-corrected chi connectivity index (χ2v) is 6.23. The van der Waals surface area contributed by atoms with Gasteiger partial charge in [0.05, 0.1) is 23.6 Å². The van der Waals surface area contributed by atoms with Gasteiger partial charge in [0.25, 0.3) is 5.69 Å². The molecule has 1 aromatic carbocycles. The van der Waals surface area contributed by atoms with E-state index in [0.717, 1.165) is 12.1 Å². The summed E-state index contributed by atoms with van der Waals surface area (Å²) in [6.45, 7) is 2.33. The second-order valence-electron chi connectivity index (χ2n) is 6.23. The summed E-state index contributed by atoms with van der Waals surface area (Å²) in [7, 11) is 0. The Hall–Kier alpha value is -2.40. The Bertz CT molecular complexity index is 727. The Morgan fingerprint density at radius 3 is 2.65 bits per heavy atom. The molecule has 2 aliphatic heterocycles. The van der Waals surface area contributed by atoms with Crippen LogP contribution in [0.3, 0.4) is 0 Å². The van der Waals surface area contributed by atoms with Gasteiger partial charge in [-0.05, 0) is 12.1 Å². The lowest BCUT2D eigenvalue weighted by atomic mass is 10.1. The topological polar surface area (TPSA) is 96.0 Å². The zero-order chi connectivity index (χ0) is 19.1. The van der Waals surface area contributed by atoms with Crippen LogP contribution in [-0.2, 0) is 11.0 Å². The molecule has 3 rings (SSSR count). The SMILES string of the molecule is NCCN1CCN2C(=O)CN(c3ccc(C(F)(F)F)cc3[N+](=O)[O-])CC12. The fourth-order valence-electron chi connectivity index (χ4n) is 3.48. The number of halogens is 3. The van der Waals surface area contributed by atoms with Crippen LogP contribution in [0.4, 0.5) is 24.5 Å². The number of nitrogens with zero attached hydrogens (tertiary/aromatic N) is 4. The lowest BCUT2D eigenvalue weighted by molar-refractivity contribution is -0.384. The van der Waals surface area contributed by atoms with Gasteiger partial charge in [0.1, 0.15) is 11.9 Å². The van der Waals surface area contributed by atoms with Crippen molar-refractivity contribution in [2.24, 2.45) is 5.73 Å². The van der Waals surface area contributed by atoms with Gasteiger partial charge in [-0.2, -0.15) is 13.2 Å². The van der Waals surface area contributed by atoms with Crippen molar-refractivity contribution in [3.8, 4) is 0 Å². The second kappa shape index (κ2) is 6.72. The lowest BCUT2D eigenvalue weighted by Gasteiger charge is -2.40. The average Bonchev–Trinajstić information content (AvgIpc) is 2.97. The third kappa shape index (κ3) is 3.31. The monoisotopic (exact) mass is 373 g/mol. The molecule has 2 N–H and O–H groups in total. The molecule has 0 aliphatic carbocycles. The molecule has 0 saturated carbocycles. The number of nitro benzene ring substituents is 1. The van der Waals surface area contributed by atoms with E-state index in [1.165, 1.54) is 4.90 Å². The van der Waals surface area contributed by atoms with E-state index in [1.807, 2.05) is 4.90 Å². The third-order valence-electron chi connectivity index (χ3n) is 4.70. The molecule has 0 aromatic heterocycles. The lowest BCUT2D eigenvalue weighted by Crippen LogP contribution is -2.58. The molecule has 8 nitrogen and oxygen atoms in total. The number of nitrogens with two attached hydrogens (primary N) is 1. The predicted octanol–water partition coefficient (Wildman–Crippen LogP) is 0.863. The molecule has 142 valence electrons. The third-order valence-corrected chi connectivity index (χ3v) is 4.70. The van der Waals surface area contributed by atoms with Crippen LogP contribution >= 0.6 is 0 Å². The maximum absolute atomic E-state index is 12.9. The normalized spacial score (nSPS) is 21.2. The van der Waals surface area contributed by atoms with Gasteiger partial charge in [0.15, 0.2) is 0 Å². The van der Waals surface area contributed by atoms with Crippen LogP contribution < -0.4 is 10.6 Å². The molecule has 26 heavy (non-hydrogen) atoms. The van der Waals surface area contributed by atoms with E-state index < -0.39 is 22.4 Å². The van der Waals surface area contributed by atoms with Crippen LogP contribution in [0.5, 0.6) is 0 Å². The first-order chi connectivity index (χ1) is 12.2. The van der Waals surface area contributed by atoms with Crippen molar-refractivity contribution >= 4 is 17.3 Å². The largest absolute Gasteiger partial charge is 0.416 e. The molecule has 2 fully saturated rings. The van der Waals surface area contributed by atoms with Crippen molar-refractivity contribution < 1.29 is 22.9 Å². The van der Waals surface area contributed by atoms with Gasteiger partial charge >= 0.3 is 6.18 Å². The Kier molecular flexibility index (Phi) is 4.76. The summed E-state index contributed by atoms with van der Waals surface area (Å²) in [6, 6.07) is 2.37. The van der Waals surface area contributed by atoms with Gasteiger partial charge in [-0.3, -0.25) is 19.8 Å². The number of hydrogen-bond donors (Lipinski definition) is 1. The predicted molar refractivity (Wildman–Crippen MR) is 86.4 cm³/mol. The van der Waals surface area contributed by atoms with Crippen LogP contribution in [-0.4, -0.2) is 66.1 Å². The summed E-state index contributed by atoms with van der Waals surface area (Å²) in [5.74, 6) is -0.213. The van der Waals surface area contributed by atoms with Crippen LogP contribution in [0.25, 0.3) is 0 Å². The molecule has 2 heterocycles. The van der Waals surface area contributed by atoms with E-state index in [2.05, 4.69) is 0 Å². The number of nitro groups is 1. The van der Waals surface area contributed by atoms with E-state index in [1.54, 1.807) is 4.90 Å². The number of fused-ring (bicyclic) bond motifs is 1. The van der Waals surface area contributed by atoms with E-state index in [9.17, 15) is 28.1 Å². The summed E-state index contributed by atoms with van der Waals surface area (Å²) in [5.41, 5.74) is 3.83. The van der Waals surface area contributed by atoms with Crippen molar-refractivity contribution in [3.63, 3.8) is 0 Å². The van der Waals surface area contributed by atoms with E-state index >= 15 is 0 Å². The van der Waals surface area contributed by atoms with Crippen LogP contribution in [0, 0.1) is 10.1 Å². The first-order valence-corrected chi connectivity index (χ1v) is 8.06. The van der Waals surface area contributed by atoms with Crippen LogP contribution in [0.1, 0.15) is 5.56 Å². The van der Waals surface area contributed by atoms with Gasteiger partial charge < -0.3 is 15.5 Å². The molecule has 1 atom stereocenters. The number of anilines is 1. The van der Waals surface area contributed by atoms with E-state index in [4.69, 9.17) is 5.73 Å². The zero-order valence-corrected chi connectivity index (χ0v) is 13.8. The van der Waals surface area contributed by atoms with E-state index in [-0.39, 0.29) is 30.8 Å². The minimum absolute atomic E-state index is 0.00981. The van der Waals surface area contributed by atoms with Crippen molar-refractivity contribution in [2.75, 3.05) is 44.2 Å². The number of carbonyl (C=O) groups excluding carboxylic acids is 1. The molecule has 1 amide bonds. The van der Waals surface area contributed by atoms with Gasteiger partial charge in [-0.1, -0.05) is 0 Å². The Labute approximate surface area is 147 Å². The summed E-state index contributed by atoms with van der Waals surface area (Å²) < 4.78 is 38.6. The summed E-state index contributed by atoms with van der Waals surface area (Å²) >= 11 is 0. The molecule has 2 saturated heterocycles. The highest BCUT2D eigenvalue weighted by Gasteiger charge is 2.42. The molecule has 0 bridgehead atoms. The number of carbonyl (C=O) groups is 1. The van der Waals surface area contributed by atoms with E-state index in [0.29, 0.717) is 32.2 Å². The zero-order valence-electron chi connectivity index (χ0n) is 13.8. The summed E-state index contributed by atoms with van der Waals surface area (Å²) in [6.07, 6.45) is -4.97. The van der Waals surface area contributed by atoms with Gasteiger partial charge in [-0.15, -0.1) is 0 Å². The number of piperazine rings is 1. The standard InChI is InChI=1S/C15H18F3N5O3/c16-15(17,18)10-1-2-11(12(7-10)23(25)26)21-8-13-20(4-3-19)5-6-22(13)14(24)9-21/h1-2,7,13H,3-6,8-9,19H2. The maximum atomic E-state index is 12.9. The van der Waals surface area contributed by atoms with Crippen molar-refractivity contribution in [1.29, 1.82) is 0 Å². The van der Waals surface area contributed by atoms with Gasteiger partial charge in [0.2, 0.25) is 5.91 Å². The smallest absolute Gasteiger partial charge is 0.353 e. The minimum Gasteiger partial charge on any atom is -0.353 e. The van der Waals surface area contributed by atoms with Gasteiger partial charge in [-0.25, -0.2) is 0 Å². The van der Waals surface area contributed by atoms with Crippen molar-refractivity contribution in [3.05, 3.63) is 33.9 Å². The average molecular weight is 373 g/mol. The fourth-order valence-corrected chi connectivity index (χ4v) is 3.48. The minimum atomic E-state index is -4.68. The highest BCUT2D eigenvalue weighted by molar-refractivity contribution is 5.85. The molecule has 1 aromatic rings. The molecule has 0 radical (unpaired) electrons. The number of alkyl halides is 3. The number of benzene rings is 1. The molecular formula is C15H18F3N5O3. The highest BCUT2D eigenvalue weighted by atomic mass is 19.4. The number of rotatable bonds is 4. The highest BCUT2D eigenvalue weighted by Crippen LogP contribution is 2.37. The Morgan fingerprint density at radius 2 is 2.04 bits per heavy atom. The Balaban J connectivity index is 1.93. The maximum Gasteiger partial charge on any atom is 0.416 e. The number of amides is 1. The van der Waals surface area contributed by atoms with Crippen molar-refractivity contribution in [1.82, 2.24) is 9.80 Å². The van der Waals surface area contributed by atoms with Crippen LogP contribution in [0.2, 0.25) is 0 Å². The number of hydrogen-bond acceptors (Lipinski definition) is 6. The molecule has 0 spiro atoms. The molecule has 1 unspecified atom stereocenters. The fraction of sp³-hybridized carbons (Fsp3) is 0.533. The van der Waals surface area contributed by atoms with Crippen molar-refractivity contribution in [2.45, 2.75) is 12.3 Å². The van der Waals surface area contributed by atoms with Gasteiger partial charge in [0, 0.05) is 32.2 Å². The Morgan fingerprint density at radius 1 is 1.31 bits per heavy atom. The quantitative estimate of drug-likeness (QED) is 0.621. The molecule has 11 heteroatoms. The first kappa shape index (κ1) is 18.4. The summed E-state index contributed by atoms with van der Waals surface area (Å²) in [4.78, 5) is 28.0. The van der Waals surface area contributed by atoms with Crippen LogP contribution in [0.15, 0.2) is 18.2 Å². The molecular weight excluding hydrogens is 355 g/mol. The molecule has 2 aliphatic rings.